The molecule has 0 aliphatic heterocycles. The van der Waals surface area contributed by atoms with E-state index < -0.39 is 0 Å². The van der Waals surface area contributed by atoms with E-state index in [4.69, 9.17) is 0 Å². The molecule has 0 amide bonds. The second-order valence-electron chi connectivity index (χ2n) is 5.34. The Bertz CT molecular complexity index is 673. The number of rotatable bonds is 9. The number of aryl methyl sites for hydroxylation is 1. The minimum absolute atomic E-state index is 0.132. The normalized spacial score (nSPS) is 11.6. The number of halogens is 1. The van der Waals surface area contributed by atoms with Crippen LogP contribution >= 0.6 is 23.1 Å². The Labute approximate surface area is 157 Å². The molecule has 25 heavy (non-hydrogen) atoms. The molecule has 0 bridgehead atoms. The fourth-order valence-corrected chi connectivity index (χ4v) is 3.74. The van der Waals surface area contributed by atoms with Gasteiger partial charge in [-0.05, 0) is 25.0 Å². The Balaban J connectivity index is 1.73. The van der Waals surface area contributed by atoms with Crippen molar-refractivity contribution in [2.45, 2.75) is 32.6 Å². The molecule has 136 valence electrons. The zero-order valence-corrected chi connectivity index (χ0v) is 16.4. The van der Waals surface area contributed by atoms with Gasteiger partial charge in [0.05, 0.1) is 6.54 Å². The van der Waals surface area contributed by atoms with Crippen LogP contribution < -0.4 is 10.6 Å². The maximum Gasteiger partial charge on any atom is 0.191 e. The predicted octanol–water partition coefficient (Wildman–Crippen LogP) is 3.83. The first-order chi connectivity index (χ1) is 12.2. The van der Waals surface area contributed by atoms with Gasteiger partial charge in [-0.25, -0.2) is 14.4 Å². The summed E-state index contributed by atoms with van der Waals surface area (Å²) >= 11 is 3.42. The largest absolute Gasteiger partial charge is 0.357 e. The predicted molar refractivity (Wildman–Crippen MR) is 107 cm³/mol. The van der Waals surface area contributed by atoms with Gasteiger partial charge in [0.1, 0.15) is 10.8 Å². The van der Waals surface area contributed by atoms with Crippen LogP contribution in [-0.2, 0) is 18.7 Å². The van der Waals surface area contributed by atoms with Gasteiger partial charge in [0.25, 0.3) is 0 Å². The molecular weight excluding hydrogens is 355 g/mol. The average Bonchev–Trinajstić information content (AvgIpc) is 3.09. The van der Waals surface area contributed by atoms with Crippen LogP contribution in [0.1, 0.15) is 29.3 Å². The van der Waals surface area contributed by atoms with Gasteiger partial charge < -0.3 is 10.6 Å². The zero-order chi connectivity index (χ0) is 17.9. The molecule has 0 spiro atoms. The first kappa shape index (κ1) is 19.7. The second-order valence-corrected chi connectivity index (χ2v) is 7.64. The van der Waals surface area contributed by atoms with Crippen molar-refractivity contribution in [1.29, 1.82) is 0 Å². The van der Waals surface area contributed by atoms with E-state index in [9.17, 15) is 4.39 Å². The van der Waals surface area contributed by atoms with Crippen molar-refractivity contribution < 1.29 is 4.39 Å². The van der Waals surface area contributed by atoms with Crippen molar-refractivity contribution >= 4 is 29.1 Å². The van der Waals surface area contributed by atoms with Crippen molar-refractivity contribution in [3.05, 3.63) is 51.7 Å². The third kappa shape index (κ3) is 7.04. The second kappa shape index (κ2) is 11.1. The summed E-state index contributed by atoms with van der Waals surface area (Å²) in [6.45, 7) is 6.35. The molecule has 0 fully saturated rings. The molecular formula is C18H25FN4S2. The maximum absolute atomic E-state index is 13.6. The van der Waals surface area contributed by atoms with Crippen LogP contribution in [0.3, 0.4) is 0 Å². The van der Waals surface area contributed by atoms with Crippen molar-refractivity contribution in [2.75, 3.05) is 18.8 Å². The van der Waals surface area contributed by atoms with Gasteiger partial charge in [-0.3, -0.25) is 0 Å². The van der Waals surface area contributed by atoms with Gasteiger partial charge in [0.2, 0.25) is 0 Å². The van der Waals surface area contributed by atoms with E-state index in [-0.39, 0.29) is 5.82 Å². The Kier molecular flexibility index (Phi) is 8.76. The molecule has 1 aromatic carbocycles. The molecule has 0 atom stereocenters. The maximum atomic E-state index is 13.6. The molecule has 1 aromatic heterocycles. The SMILES string of the molecule is CCNC(=NCc1ncc(CC)s1)NCCSCc1ccccc1F. The lowest BCUT2D eigenvalue weighted by Gasteiger charge is -2.11. The summed E-state index contributed by atoms with van der Waals surface area (Å²) in [6.07, 6.45) is 2.94. The zero-order valence-electron chi connectivity index (χ0n) is 14.7. The van der Waals surface area contributed by atoms with Crippen LogP contribution in [0.4, 0.5) is 4.39 Å². The summed E-state index contributed by atoms with van der Waals surface area (Å²) < 4.78 is 13.6. The third-order valence-corrected chi connectivity index (χ3v) is 5.56. The molecule has 0 radical (unpaired) electrons. The van der Waals surface area contributed by atoms with Gasteiger partial charge in [-0.15, -0.1) is 11.3 Å². The molecule has 2 rings (SSSR count). The minimum Gasteiger partial charge on any atom is -0.357 e. The molecule has 0 aliphatic carbocycles. The molecule has 1 heterocycles. The number of hydrogen-bond donors (Lipinski definition) is 2. The minimum atomic E-state index is -0.132. The number of aromatic nitrogens is 1. The van der Waals surface area contributed by atoms with E-state index in [0.29, 0.717) is 12.3 Å². The van der Waals surface area contributed by atoms with Crippen LogP contribution in [0.25, 0.3) is 0 Å². The fraction of sp³-hybridized carbons (Fsp3) is 0.444. The Morgan fingerprint density at radius 2 is 2.12 bits per heavy atom. The molecule has 4 nitrogen and oxygen atoms in total. The number of hydrogen-bond acceptors (Lipinski definition) is 4. The number of thiazole rings is 1. The smallest absolute Gasteiger partial charge is 0.191 e. The summed E-state index contributed by atoms with van der Waals surface area (Å²) in [6, 6.07) is 6.93. The average molecular weight is 381 g/mol. The van der Waals surface area contributed by atoms with E-state index in [0.717, 1.165) is 41.8 Å². The van der Waals surface area contributed by atoms with Crippen molar-refractivity contribution in [2.24, 2.45) is 4.99 Å². The highest BCUT2D eigenvalue weighted by Gasteiger charge is 2.03. The number of aliphatic imine (C=N–C) groups is 1. The van der Waals surface area contributed by atoms with Crippen LogP contribution in [0.5, 0.6) is 0 Å². The quantitative estimate of drug-likeness (QED) is 0.394. The number of benzene rings is 1. The lowest BCUT2D eigenvalue weighted by molar-refractivity contribution is 0.617. The molecule has 0 saturated heterocycles. The number of thioether (sulfide) groups is 1. The number of guanidine groups is 1. The first-order valence-electron chi connectivity index (χ1n) is 8.49. The molecule has 0 aliphatic rings. The van der Waals surface area contributed by atoms with E-state index in [2.05, 4.69) is 27.5 Å². The molecule has 2 aromatic rings. The van der Waals surface area contributed by atoms with E-state index in [1.807, 2.05) is 25.3 Å². The van der Waals surface area contributed by atoms with Crippen LogP contribution in [0.2, 0.25) is 0 Å². The van der Waals surface area contributed by atoms with Gasteiger partial charge in [-0.2, -0.15) is 11.8 Å². The Morgan fingerprint density at radius 3 is 2.84 bits per heavy atom. The van der Waals surface area contributed by atoms with Gasteiger partial charge in [-0.1, -0.05) is 25.1 Å². The van der Waals surface area contributed by atoms with Gasteiger partial charge in [0, 0.05) is 35.7 Å². The highest BCUT2D eigenvalue weighted by Crippen LogP contribution is 2.15. The van der Waals surface area contributed by atoms with E-state index >= 15 is 0 Å². The van der Waals surface area contributed by atoms with Crippen LogP contribution in [0, 0.1) is 5.82 Å². The molecule has 0 unspecified atom stereocenters. The van der Waals surface area contributed by atoms with Gasteiger partial charge in [0.15, 0.2) is 5.96 Å². The number of nitrogens with one attached hydrogen (secondary N) is 2. The van der Waals surface area contributed by atoms with Crippen molar-refractivity contribution in [3.8, 4) is 0 Å². The summed E-state index contributed by atoms with van der Waals surface area (Å²) in [5, 5.41) is 7.58. The first-order valence-corrected chi connectivity index (χ1v) is 10.5. The van der Waals surface area contributed by atoms with Crippen LogP contribution in [0.15, 0.2) is 35.5 Å². The highest BCUT2D eigenvalue weighted by atomic mass is 32.2. The summed E-state index contributed by atoms with van der Waals surface area (Å²) in [5.74, 6) is 2.23. The lowest BCUT2D eigenvalue weighted by atomic mass is 10.2. The molecule has 7 heteroatoms. The molecule has 0 saturated carbocycles. The summed E-state index contributed by atoms with van der Waals surface area (Å²) in [7, 11) is 0. The van der Waals surface area contributed by atoms with E-state index in [1.54, 1.807) is 29.2 Å². The standard InChI is InChI=1S/C18H25FN4S2/c1-3-15-11-22-17(25-15)12-23-18(20-4-2)21-9-10-24-13-14-7-5-6-8-16(14)19/h5-8,11H,3-4,9-10,12-13H2,1-2H3,(H2,20,21,23). The fourth-order valence-electron chi connectivity index (χ4n) is 2.11. The summed E-state index contributed by atoms with van der Waals surface area (Å²) in [4.78, 5) is 10.2. The summed E-state index contributed by atoms with van der Waals surface area (Å²) in [5.41, 5.74) is 0.753. The number of nitrogens with zero attached hydrogens (tertiary/aromatic N) is 2. The van der Waals surface area contributed by atoms with E-state index in [1.165, 1.54) is 10.9 Å². The lowest BCUT2D eigenvalue weighted by Crippen LogP contribution is -2.38. The van der Waals surface area contributed by atoms with Crippen molar-refractivity contribution in [1.82, 2.24) is 15.6 Å². The monoisotopic (exact) mass is 380 g/mol. The topological polar surface area (TPSA) is 49.3 Å². The third-order valence-electron chi connectivity index (χ3n) is 3.42. The van der Waals surface area contributed by atoms with Crippen LogP contribution in [-0.4, -0.2) is 29.8 Å². The van der Waals surface area contributed by atoms with Gasteiger partial charge >= 0.3 is 0 Å². The Morgan fingerprint density at radius 1 is 1.28 bits per heavy atom. The van der Waals surface area contributed by atoms with Crippen molar-refractivity contribution in [3.63, 3.8) is 0 Å². The highest BCUT2D eigenvalue weighted by molar-refractivity contribution is 7.98. The Hall–Kier alpha value is -1.60. The molecule has 2 N–H and O–H groups in total.